The maximum atomic E-state index is 15.8. The number of alkyl halides is 1. The van der Waals surface area contributed by atoms with Crippen LogP contribution in [0.2, 0.25) is 5.02 Å². The van der Waals surface area contributed by atoms with Crippen LogP contribution in [-0.4, -0.2) is 23.4 Å². The Hall–Kier alpha value is -2.07. The highest BCUT2D eigenvalue weighted by molar-refractivity contribution is 6.32. The van der Waals surface area contributed by atoms with Crippen LogP contribution in [0.15, 0.2) is 42.5 Å². The SMILES string of the molecule is CCCCCCCOc1ccc(-c2ccc(CCC(CC)C[C@@](F)(C(=O)O)C3CCCCC3)cc2)cc1Cl. The fourth-order valence-electron chi connectivity index (χ4n) is 5.78. The van der Waals surface area contributed by atoms with Crippen LogP contribution in [0.3, 0.4) is 0 Å². The molecule has 1 aliphatic carbocycles. The molecule has 0 amide bonds. The van der Waals surface area contributed by atoms with Gasteiger partial charge in [0.1, 0.15) is 5.75 Å². The first kappa shape index (κ1) is 30.5. The van der Waals surface area contributed by atoms with E-state index in [0.717, 1.165) is 61.8 Å². The molecule has 0 aliphatic heterocycles. The zero-order valence-electron chi connectivity index (χ0n) is 23.3. The quantitative estimate of drug-likeness (QED) is 0.214. The van der Waals surface area contributed by atoms with Crippen molar-refractivity contribution in [1.29, 1.82) is 0 Å². The van der Waals surface area contributed by atoms with Crippen molar-refractivity contribution in [2.75, 3.05) is 6.61 Å². The first-order valence-electron chi connectivity index (χ1n) is 14.8. The van der Waals surface area contributed by atoms with Crippen molar-refractivity contribution in [3.05, 3.63) is 53.1 Å². The van der Waals surface area contributed by atoms with Gasteiger partial charge < -0.3 is 9.84 Å². The second-order valence-corrected chi connectivity index (χ2v) is 11.5. The molecule has 0 spiro atoms. The minimum absolute atomic E-state index is 0.0516. The molecule has 210 valence electrons. The number of aryl methyl sites for hydroxylation is 1. The van der Waals surface area contributed by atoms with E-state index in [4.69, 9.17) is 16.3 Å². The Kier molecular flexibility index (Phi) is 12.4. The summed E-state index contributed by atoms with van der Waals surface area (Å²) in [6.07, 6.45) is 12.8. The Morgan fingerprint density at radius 2 is 1.71 bits per heavy atom. The van der Waals surface area contributed by atoms with E-state index < -0.39 is 11.6 Å². The van der Waals surface area contributed by atoms with Gasteiger partial charge in [-0.05, 0) is 73.3 Å². The molecule has 38 heavy (non-hydrogen) atoms. The number of carboxylic acids is 1. The smallest absolute Gasteiger partial charge is 0.341 e. The average Bonchev–Trinajstić information content (AvgIpc) is 2.94. The second-order valence-electron chi connectivity index (χ2n) is 11.1. The van der Waals surface area contributed by atoms with Crippen LogP contribution in [0, 0.1) is 11.8 Å². The summed E-state index contributed by atoms with van der Waals surface area (Å²) in [4.78, 5) is 12.0. The fourth-order valence-corrected chi connectivity index (χ4v) is 6.01. The van der Waals surface area contributed by atoms with E-state index >= 15 is 4.39 Å². The van der Waals surface area contributed by atoms with Crippen molar-refractivity contribution < 1.29 is 19.0 Å². The molecule has 0 bridgehead atoms. The Balaban J connectivity index is 1.53. The summed E-state index contributed by atoms with van der Waals surface area (Å²) in [6.45, 7) is 4.94. The molecule has 1 fully saturated rings. The zero-order chi connectivity index (χ0) is 27.4. The van der Waals surface area contributed by atoms with Gasteiger partial charge in [-0.15, -0.1) is 0 Å². The number of aliphatic carboxylic acids is 1. The van der Waals surface area contributed by atoms with Crippen LogP contribution >= 0.6 is 11.6 Å². The summed E-state index contributed by atoms with van der Waals surface area (Å²) in [7, 11) is 0. The molecule has 2 atom stereocenters. The molecule has 1 aliphatic rings. The normalized spacial score (nSPS) is 16.6. The number of unbranched alkanes of at least 4 members (excludes halogenated alkanes) is 4. The van der Waals surface area contributed by atoms with Crippen molar-refractivity contribution in [2.24, 2.45) is 11.8 Å². The molecule has 1 unspecified atom stereocenters. The van der Waals surface area contributed by atoms with E-state index in [2.05, 4.69) is 31.2 Å². The van der Waals surface area contributed by atoms with Crippen molar-refractivity contribution >= 4 is 17.6 Å². The maximum absolute atomic E-state index is 15.8. The summed E-state index contributed by atoms with van der Waals surface area (Å²) in [5.41, 5.74) is 1.20. The molecular formula is C33H46ClFO3. The second kappa shape index (κ2) is 15.5. The standard InChI is InChI=1S/C33H46ClFO3/c1-3-5-6-7-11-22-38-31-21-20-28(23-30(31)34)27-18-16-26(17-19-27)15-14-25(4-2)24-33(35,32(36)37)29-12-9-8-10-13-29/h16-21,23,25,29H,3-15,22,24H2,1-2H3,(H,36,37)/t25?,33-/m0/s1. The van der Waals surface area contributed by atoms with Crippen LogP contribution in [0.5, 0.6) is 5.75 Å². The third-order valence-corrected chi connectivity index (χ3v) is 8.63. The van der Waals surface area contributed by atoms with Crippen molar-refractivity contribution in [3.63, 3.8) is 0 Å². The highest BCUT2D eigenvalue weighted by Gasteiger charge is 2.47. The number of halogens is 2. The molecule has 2 aromatic carbocycles. The number of benzene rings is 2. The van der Waals surface area contributed by atoms with Gasteiger partial charge in [0.05, 0.1) is 11.6 Å². The van der Waals surface area contributed by atoms with Crippen molar-refractivity contribution in [2.45, 2.75) is 109 Å². The molecule has 3 rings (SSSR count). The lowest BCUT2D eigenvalue weighted by Crippen LogP contribution is -2.44. The minimum atomic E-state index is -2.10. The van der Waals surface area contributed by atoms with Crippen LogP contribution in [-0.2, 0) is 11.2 Å². The van der Waals surface area contributed by atoms with Gasteiger partial charge >= 0.3 is 5.97 Å². The van der Waals surface area contributed by atoms with Gasteiger partial charge in [0, 0.05) is 5.92 Å². The largest absolute Gasteiger partial charge is 0.492 e. The lowest BCUT2D eigenvalue weighted by atomic mass is 9.73. The van der Waals surface area contributed by atoms with E-state index in [9.17, 15) is 9.90 Å². The monoisotopic (exact) mass is 544 g/mol. The summed E-state index contributed by atoms with van der Waals surface area (Å²) in [6, 6.07) is 14.3. The van der Waals surface area contributed by atoms with Crippen LogP contribution in [0.4, 0.5) is 4.39 Å². The Morgan fingerprint density at radius 3 is 2.34 bits per heavy atom. The topological polar surface area (TPSA) is 46.5 Å². The van der Waals surface area contributed by atoms with Gasteiger partial charge in [-0.3, -0.25) is 0 Å². The third-order valence-electron chi connectivity index (χ3n) is 8.34. The molecule has 2 aromatic rings. The van der Waals surface area contributed by atoms with Gasteiger partial charge in [-0.1, -0.05) is 107 Å². The lowest BCUT2D eigenvalue weighted by molar-refractivity contribution is -0.158. The van der Waals surface area contributed by atoms with E-state index in [1.165, 1.54) is 31.2 Å². The molecule has 0 saturated heterocycles. The Morgan fingerprint density at radius 1 is 1.03 bits per heavy atom. The highest BCUT2D eigenvalue weighted by atomic mass is 35.5. The summed E-state index contributed by atoms with van der Waals surface area (Å²) in [5, 5.41) is 10.4. The van der Waals surface area contributed by atoms with Crippen LogP contribution < -0.4 is 4.74 Å². The molecule has 1 saturated carbocycles. The summed E-state index contributed by atoms with van der Waals surface area (Å²) in [5.74, 6) is -0.840. The number of carboxylic acid groups (broad SMARTS) is 1. The molecule has 0 radical (unpaired) electrons. The highest BCUT2D eigenvalue weighted by Crippen LogP contribution is 2.41. The minimum Gasteiger partial charge on any atom is -0.492 e. The van der Waals surface area contributed by atoms with E-state index in [-0.39, 0.29) is 18.3 Å². The number of rotatable bonds is 16. The fraction of sp³-hybridized carbons (Fsp3) is 0.606. The molecule has 1 N–H and O–H groups in total. The summed E-state index contributed by atoms with van der Waals surface area (Å²) < 4.78 is 21.7. The first-order valence-corrected chi connectivity index (χ1v) is 15.2. The van der Waals surface area contributed by atoms with Gasteiger partial charge in [0.15, 0.2) is 0 Å². The van der Waals surface area contributed by atoms with E-state index in [0.29, 0.717) is 24.5 Å². The van der Waals surface area contributed by atoms with Crippen molar-refractivity contribution in [3.8, 4) is 16.9 Å². The van der Waals surface area contributed by atoms with Gasteiger partial charge in [-0.25, -0.2) is 9.18 Å². The van der Waals surface area contributed by atoms with Crippen LogP contribution in [0.25, 0.3) is 11.1 Å². The predicted octanol–water partition coefficient (Wildman–Crippen LogP) is 10.1. The van der Waals surface area contributed by atoms with Gasteiger partial charge in [0.2, 0.25) is 5.67 Å². The Labute approximate surface area is 234 Å². The average molecular weight is 545 g/mol. The first-order chi connectivity index (χ1) is 18.4. The molecule has 0 heterocycles. The Bertz CT molecular complexity index is 986. The van der Waals surface area contributed by atoms with Crippen LogP contribution in [0.1, 0.15) is 103 Å². The molecule has 3 nitrogen and oxygen atoms in total. The van der Waals surface area contributed by atoms with Gasteiger partial charge in [0.25, 0.3) is 0 Å². The number of ether oxygens (including phenoxy) is 1. The molecular weight excluding hydrogens is 499 g/mol. The third kappa shape index (κ3) is 8.73. The predicted molar refractivity (Wildman–Crippen MR) is 156 cm³/mol. The summed E-state index contributed by atoms with van der Waals surface area (Å²) >= 11 is 6.51. The number of hydrogen-bond acceptors (Lipinski definition) is 2. The van der Waals surface area contributed by atoms with E-state index in [1.807, 2.05) is 25.1 Å². The van der Waals surface area contributed by atoms with Gasteiger partial charge in [-0.2, -0.15) is 0 Å². The molecule has 5 heteroatoms. The number of hydrogen-bond donors (Lipinski definition) is 1. The van der Waals surface area contributed by atoms with E-state index in [1.54, 1.807) is 0 Å². The zero-order valence-corrected chi connectivity index (χ0v) is 24.1. The number of carbonyl (C=O) groups is 1. The molecule has 0 aromatic heterocycles. The van der Waals surface area contributed by atoms with Crippen molar-refractivity contribution in [1.82, 2.24) is 0 Å². The lowest BCUT2D eigenvalue weighted by Gasteiger charge is -2.35. The maximum Gasteiger partial charge on any atom is 0.341 e.